The minimum atomic E-state index is -0.0747. The van der Waals surface area contributed by atoms with Crippen molar-refractivity contribution in [3.63, 3.8) is 0 Å². The maximum Gasteiger partial charge on any atom is 0.272 e. The Morgan fingerprint density at radius 2 is 1.76 bits per heavy atom. The molecule has 0 bridgehead atoms. The van der Waals surface area contributed by atoms with Crippen molar-refractivity contribution in [3.8, 4) is 0 Å². The molecule has 1 aromatic rings. The minimum Gasteiger partial charge on any atom is -0.382 e. The zero-order valence-electron chi connectivity index (χ0n) is 12.8. The van der Waals surface area contributed by atoms with Gasteiger partial charge in [-0.3, -0.25) is 9.59 Å². The molecule has 1 aromatic heterocycles. The van der Waals surface area contributed by atoms with E-state index in [-0.39, 0.29) is 11.8 Å². The van der Waals surface area contributed by atoms with Crippen LogP contribution >= 0.6 is 0 Å². The predicted molar refractivity (Wildman–Crippen MR) is 81.2 cm³/mol. The Morgan fingerprint density at radius 3 is 2.24 bits per heavy atom. The summed E-state index contributed by atoms with van der Waals surface area (Å²) in [4.78, 5) is 31.4. The summed E-state index contributed by atoms with van der Waals surface area (Å²) in [6.07, 6.45) is 1.68. The van der Waals surface area contributed by atoms with Gasteiger partial charge in [-0.25, -0.2) is 4.98 Å². The molecule has 2 rings (SSSR count). The molecular formula is C15H22N4O2. The number of pyridine rings is 1. The van der Waals surface area contributed by atoms with Gasteiger partial charge in [0.1, 0.15) is 5.69 Å². The smallest absolute Gasteiger partial charge is 0.272 e. The van der Waals surface area contributed by atoms with Crippen molar-refractivity contribution in [3.05, 3.63) is 24.0 Å². The zero-order valence-corrected chi connectivity index (χ0v) is 12.8. The highest BCUT2D eigenvalue weighted by Crippen LogP contribution is 2.11. The fourth-order valence-electron chi connectivity index (χ4n) is 2.33. The summed E-state index contributed by atoms with van der Waals surface area (Å²) in [6.45, 7) is 7.96. The summed E-state index contributed by atoms with van der Waals surface area (Å²) in [5.74, 6) is -0.0152. The molecule has 114 valence electrons. The average molecular weight is 290 g/mol. The molecule has 1 aliphatic heterocycles. The fraction of sp³-hybridized carbons (Fsp3) is 0.533. The Balaban J connectivity index is 1.96. The van der Waals surface area contributed by atoms with Gasteiger partial charge in [0, 0.05) is 39.1 Å². The lowest BCUT2D eigenvalue weighted by Gasteiger charge is -2.34. The maximum absolute atomic E-state index is 12.3. The summed E-state index contributed by atoms with van der Waals surface area (Å²) in [5.41, 5.74) is 1.35. The second kappa shape index (κ2) is 6.56. The number of amides is 2. The monoisotopic (exact) mass is 290 g/mol. The van der Waals surface area contributed by atoms with E-state index in [2.05, 4.69) is 10.3 Å². The van der Waals surface area contributed by atoms with Crippen LogP contribution in [0.25, 0.3) is 0 Å². The van der Waals surface area contributed by atoms with Gasteiger partial charge >= 0.3 is 0 Å². The van der Waals surface area contributed by atoms with Crippen molar-refractivity contribution in [2.24, 2.45) is 0 Å². The van der Waals surface area contributed by atoms with Crippen molar-refractivity contribution < 1.29 is 9.59 Å². The second-order valence-corrected chi connectivity index (χ2v) is 5.53. The highest BCUT2D eigenvalue weighted by molar-refractivity contribution is 5.92. The summed E-state index contributed by atoms with van der Waals surface area (Å²) >= 11 is 0. The first-order valence-corrected chi connectivity index (χ1v) is 7.24. The number of nitrogens with zero attached hydrogens (tertiary/aromatic N) is 3. The Morgan fingerprint density at radius 1 is 1.14 bits per heavy atom. The molecule has 1 fully saturated rings. The summed E-state index contributed by atoms with van der Waals surface area (Å²) in [7, 11) is 0. The van der Waals surface area contributed by atoms with E-state index in [1.807, 2.05) is 19.9 Å². The van der Waals surface area contributed by atoms with Crippen LogP contribution in [0.2, 0.25) is 0 Å². The first kappa shape index (κ1) is 15.3. The van der Waals surface area contributed by atoms with Gasteiger partial charge in [0.05, 0.1) is 11.9 Å². The number of rotatable bonds is 3. The highest BCUT2D eigenvalue weighted by atomic mass is 16.2. The SMILES string of the molecule is CC(=O)N1CCN(C(=O)c2ccc(NC(C)C)cn2)CC1. The predicted octanol–water partition coefficient (Wildman–Crippen LogP) is 1.21. The quantitative estimate of drug-likeness (QED) is 0.908. The molecule has 0 spiro atoms. The molecule has 21 heavy (non-hydrogen) atoms. The lowest BCUT2D eigenvalue weighted by atomic mass is 10.2. The van der Waals surface area contributed by atoms with Gasteiger partial charge in [0.2, 0.25) is 5.91 Å². The van der Waals surface area contributed by atoms with E-state index in [9.17, 15) is 9.59 Å². The molecule has 2 heterocycles. The van der Waals surface area contributed by atoms with Gasteiger partial charge < -0.3 is 15.1 Å². The molecular weight excluding hydrogens is 268 g/mol. The Bertz CT molecular complexity index is 505. The van der Waals surface area contributed by atoms with E-state index in [0.717, 1.165) is 5.69 Å². The number of anilines is 1. The molecule has 1 saturated heterocycles. The second-order valence-electron chi connectivity index (χ2n) is 5.53. The molecule has 0 aliphatic carbocycles. The Kier molecular flexibility index (Phi) is 4.77. The largest absolute Gasteiger partial charge is 0.382 e. The van der Waals surface area contributed by atoms with E-state index in [4.69, 9.17) is 0 Å². The minimum absolute atomic E-state index is 0.0596. The third-order valence-electron chi connectivity index (χ3n) is 3.45. The molecule has 0 atom stereocenters. The van der Waals surface area contributed by atoms with E-state index < -0.39 is 0 Å². The first-order chi connectivity index (χ1) is 9.97. The van der Waals surface area contributed by atoms with Gasteiger partial charge in [-0.1, -0.05) is 0 Å². The fourth-order valence-corrected chi connectivity index (χ4v) is 2.33. The summed E-state index contributed by atoms with van der Waals surface area (Å²) in [6, 6.07) is 3.93. The molecule has 2 amide bonds. The molecule has 6 heteroatoms. The summed E-state index contributed by atoms with van der Waals surface area (Å²) < 4.78 is 0. The highest BCUT2D eigenvalue weighted by Gasteiger charge is 2.23. The number of carbonyl (C=O) groups excluding carboxylic acids is 2. The van der Waals surface area contributed by atoms with Crippen LogP contribution in [0.5, 0.6) is 0 Å². The molecule has 0 unspecified atom stereocenters. The number of piperazine rings is 1. The van der Waals surface area contributed by atoms with Crippen molar-refractivity contribution >= 4 is 17.5 Å². The number of carbonyl (C=O) groups is 2. The van der Waals surface area contributed by atoms with Crippen molar-refractivity contribution in [1.29, 1.82) is 0 Å². The zero-order chi connectivity index (χ0) is 15.4. The Hall–Kier alpha value is -2.11. The van der Waals surface area contributed by atoms with Crippen LogP contribution in [0.15, 0.2) is 18.3 Å². The van der Waals surface area contributed by atoms with Crippen LogP contribution in [-0.2, 0) is 4.79 Å². The van der Waals surface area contributed by atoms with Crippen LogP contribution < -0.4 is 5.32 Å². The molecule has 6 nitrogen and oxygen atoms in total. The first-order valence-electron chi connectivity index (χ1n) is 7.24. The molecule has 0 saturated carbocycles. The van der Waals surface area contributed by atoms with Crippen LogP contribution in [0.3, 0.4) is 0 Å². The Labute approximate surface area is 125 Å². The normalized spacial score (nSPS) is 15.2. The number of hydrogen-bond acceptors (Lipinski definition) is 4. The average Bonchev–Trinajstić information content (AvgIpc) is 2.47. The van der Waals surface area contributed by atoms with Crippen LogP contribution in [0.4, 0.5) is 5.69 Å². The van der Waals surface area contributed by atoms with E-state index >= 15 is 0 Å². The van der Waals surface area contributed by atoms with Gasteiger partial charge in [-0.15, -0.1) is 0 Å². The van der Waals surface area contributed by atoms with Gasteiger partial charge in [-0.2, -0.15) is 0 Å². The van der Waals surface area contributed by atoms with Crippen LogP contribution in [0, 0.1) is 0 Å². The van der Waals surface area contributed by atoms with Crippen molar-refractivity contribution in [1.82, 2.24) is 14.8 Å². The molecule has 0 aromatic carbocycles. The molecule has 1 N–H and O–H groups in total. The molecule has 1 aliphatic rings. The molecule has 0 radical (unpaired) electrons. The lowest BCUT2D eigenvalue weighted by Crippen LogP contribution is -2.50. The summed E-state index contributed by atoms with van der Waals surface area (Å²) in [5, 5.41) is 3.24. The number of aromatic nitrogens is 1. The number of nitrogens with one attached hydrogen (secondary N) is 1. The van der Waals surface area contributed by atoms with Crippen LogP contribution in [-0.4, -0.2) is 58.8 Å². The van der Waals surface area contributed by atoms with E-state index in [1.165, 1.54) is 0 Å². The van der Waals surface area contributed by atoms with Gasteiger partial charge in [0.25, 0.3) is 5.91 Å². The van der Waals surface area contributed by atoms with Crippen LogP contribution in [0.1, 0.15) is 31.3 Å². The van der Waals surface area contributed by atoms with Crippen molar-refractivity contribution in [2.45, 2.75) is 26.8 Å². The standard InChI is InChI=1S/C15H22N4O2/c1-11(2)17-13-4-5-14(16-10-13)15(21)19-8-6-18(7-9-19)12(3)20/h4-5,10-11,17H,6-9H2,1-3H3. The third kappa shape index (κ3) is 3.93. The maximum atomic E-state index is 12.3. The van der Waals surface area contributed by atoms with E-state index in [1.54, 1.807) is 29.0 Å². The van der Waals surface area contributed by atoms with Gasteiger partial charge in [0.15, 0.2) is 0 Å². The van der Waals surface area contributed by atoms with Gasteiger partial charge in [-0.05, 0) is 26.0 Å². The third-order valence-corrected chi connectivity index (χ3v) is 3.45. The lowest BCUT2D eigenvalue weighted by molar-refractivity contribution is -0.130. The number of hydrogen-bond donors (Lipinski definition) is 1. The topological polar surface area (TPSA) is 65.5 Å². The van der Waals surface area contributed by atoms with Crippen molar-refractivity contribution in [2.75, 3.05) is 31.5 Å². The van der Waals surface area contributed by atoms with E-state index in [0.29, 0.717) is 37.9 Å².